The van der Waals surface area contributed by atoms with E-state index in [-0.39, 0.29) is 6.54 Å². The summed E-state index contributed by atoms with van der Waals surface area (Å²) in [5.74, 6) is 0. The van der Waals surface area contributed by atoms with Gasteiger partial charge in [-0.15, -0.1) is 0 Å². The minimum Gasteiger partial charge on any atom is -0.276 e. The van der Waals surface area contributed by atoms with Gasteiger partial charge >= 0.3 is 0 Å². The third kappa shape index (κ3) is 4.41. The Morgan fingerprint density at radius 1 is 1.05 bits per heavy atom. The van der Waals surface area contributed by atoms with Gasteiger partial charge in [0.05, 0.1) is 5.69 Å². The Morgan fingerprint density at radius 3 is 2.23 bits per heavy atom. The maximum atomic E-state index is 12.1. The van der Waals surface area contributed by atoms with Crippen LogP contribution in [0.2, 0.25) is 0 Å². The van der Waals surface area contributed by atoms with Gasteiger partial charge in [-0.25, -0.2) is 13.1 Å². The highest BCUT2D eigenvalue weighted by Crippen LogP contribution is 2.05. The molecule has 2 N–H and O–H groups in total. The molecule has 6 nitrogen and oxygen atoms in total. The van der Waals surface area contributed by atoms with E-state index in [1.807, 2.05) is 12.1 Å². The topological polar surface area (TPSA) is 94.3 Å². The van der Waals surface area contributed by atoms with Gasteiger partial charge < -0.3 is 0 Å². The molecule has 0 saturated heterocycles. The molecule has 0 heterocycles. The summed E-state index contributed by atoms with van der Waals surface area (Å²) >= 11 is 0. The van der Waals surface area contributed by atoms with Crippen molar-refractivity contribution in [3.8, 4) is 6.07 Å². The summed E-state index contributed by atoms with van der Waals surface area (Å²) in [4.78, 5) is 0. The molecule has 0 radical (unpaired) electrons. The molecule has 0 aliphatic rings. The Morgan fingerprint density at radius 2 is 1.64 bits per heavy atom. The standard InChI is InChI=1S/C15H14N4O2S/c16-11-15(19-18-14-9-5-2-6-10-14)22(20,21)17-12-13-7-3-1-4-8-13/h1-10,17-18H,12H2. The van der Waals surface area contributed by atoms with E-state index in [4.69, 9.17) is 5.26 Å². The monoisotopic (exact) mass is 314 g/mol. The van der Waals surface area contributed by atoms with E-state index in [9.17, 15) is 8.42 Å². The quantitative estimate of drug-likeness (QED) is 0.502. The van der Waals surface area contributed by atoms with Crippen molar-refractivity contribution in [1.29, 1.82) is 5.26 Å². The Labute approximate surface area is 129 Å². The third-order valence-electron chi connectivity index (χ3n) is 2.72. The Hall–Kier alpha value is -2.69. The van der Waals surface area contributed by atoms with Crippen LogP contribution in [0.25, 0.3) is 0 Å². The summed E-state index contributed by atoms with van der Waals surface area (Å²) < 4.78 is 26.4. The highest BCUT2D eigenvalue weighted by atomic mass is 32.2. The van der Waals surface area contributed by atoms with Crippen molar-refractivity contribution in [3.05, 3.63) is 66.2 Å². The molecule has 2 aromatic rings. The Balaban J connectivity index is 2.07. The molecule has 0 fully saturated rings. The number of nitrogens with zero attached hydrogens (tertiary/aromatic N) is 2. The number of nitrogens with one attached hydrogen (secondary N) is 2. The van der Waals surface area contributed by atoms with Crippen LogP contribution in [0, 0.1) is 11.3 Å². The summed E-state index contributed by atoms with van der Waals surface area (Å²) in [5.41, 5.74) is 3.93. The van der Waals surface area contributed by atoms with E-state index in [1.165, 1.54) is 0 Å². The average molecular weight is 314 g/mol. The van der Waals surface area contributed by atoms with Gasteiger partial charge in [0, 0.05) is 6.54 Å². The number of hydrogen-bond donors (Lipinski definition) is 2. The third-order valence-corrected chi connectivity index (χ3v) is 3.94. The number of anilines is 1. The zero-order valence-corrected chi connectivity index (χ0v) is 12.4. The highest BCUT2D eigenvalue weighted by Gasteiger charge is 2.19. The number of nitriles is 1. The molecule has 112 valence electrons. The molecule has 22 heavy (non-hydrogen) atoms. The second-order valence-electron chi connectivity index (χ2n) is 4.32. The molecule has 2 rings (SSSR count). The maximum absolute atomic E-state index is 12.1. The lowest BCUT2D eigenvalue weighted by molar-refractivity contribution is 0.593. The van der Waals surface area contributed by atoms with Gasteiger partial charge in [0.2, 0.25) is 0 Å². The number of rotatable bonds is 5. The smallest absolute Gasteiger partial charge is 0.270 e. The second-order valence-corrected chi connectivity index (χ2v) is 6.00. The van der Waals surface area contributed by atoms with E-state index in [0.29, 0.717) is 5.69 Å². The fourth-order valence-electron chi connectivity index (χ4n) is 1.62. The van der Waals surface area contributed by atoms with Gasteiger partial charge in [0.25, 0.3) is 15.1 Å². The first kappa shape index (κ1) is 15.7. The van der Waals surface area contributed by atoms with Crippen molar-refractivity contribution in [2.24, 2.45) is 5.10 Å². The van der Waals surface area contributed by atoms with Crippen LogP contribution in [0.15, 0.2) is 65.8 Å². The zero-order valence-electron chi connectivity index (χ0n) is 11.6. The summed E-state index contributed by atoms with van der Waals surface area (Å²) in [5, 5.41) is 12.0. The summed E-state index contributed by atoms with van der Waals surface area (Å²) in [6.45, 7) is 0.0925. The first-order valence-electron chi connectivity index (χ1n) is 6.44. The van der Waals surface area contributed by atoms with E-state index in [2.05, 4.69) is 15.2 Å². The lowest BCUT2D eigenvalue weighted by atomic mass is 10.2. The van der Waals surface area contributed by atoms with Crippen molar-refractivity contribution in [2.45, 2.75) is 6.54 Å². The van der Waals surface area contributed by atoms with Crippen LogP contribution >= 0.6 is 0 Å². The van der Waals surface area contributed by atoms with Crippen LogP contribution in [-0.2, 0) is 16.6 Å². The Bertz CT molecular complexity index is 781. The zero-order chi connectivity index (χ0) is 15.8. The van der Waals surface area contributed by atoms with Crippen molar-refractivity contribution < 1.29 is 8.42 Å². The molecule has 0 unspecified atom stereocenters. The van der Waals surface area contributed by atoms with Crippen LogP contribution in [-0.4, -0.2) is 13.5 Å². The predicted octanol–water partition coefficient (Wildman–Crippen LogP) is 2.06. The van der Waals surface area contributed by atoms with Gasteiger partial charge in [-0.3, -0.25) is 5.43 Å². The average Bonchev–Trinajstić information content (AvgIpc) is 2.55. The first-order chi connectivity index (χ1) is 10.6. The van der Waals surface area contributed by atoms with Crippen LogP contribution in [0.3, 0.4) is 0 Å². The molecular formula is C15H14N4O2S. The molecule has 0 amide bonds. The second kappa shape index (κ2) is 7.36. The van der Waals surface area contributed by atoms with Crippen LogP contribution in [0.5, 0.6) is 0 Å². The molecule has 2 aromatic carbocycles. The summed E-state index contributed by atoms with van der Waals surface area (Å²) in [6, 6.07) is 19.4. The highest BCUT2D eigenvalue weighted by molar-refractivity contribution is 8.05. The van der Waals surface area contributed by atoms with Gasteiger partial charge in [-0.1, -0.05) is 48.5 Å². The lowest BCUT2D eigenvalue weighted by Gasteiger charge is -2.05. The van der Waals surface area contributed by atoms with Crippen LogP contribution in [0.4, 0.5) is 5.69 Å². The maximum Gasteiger partial charge on any atom is 0.270 e. The van der Waals surface area contributed by atoms with Gasteiger partial charge in [-0.2, -0.15) is 10.4 Å². The van der Waals surface area contributed by atoms with Crippen molar-refractivity contribution in [1.82, 2.24) is 4.72 Å². The molecule has 0 atom stereocenters. The van der Waals surface area contributed by atoms with E-state index in [1.54, 1.807) is 54.6 Å². The predicted molar refractivity (Wildman–Crippen MR) is 85.3 cm³/mol. The van der Waals surface area contributed by atoms with E-state index >= 15 is 0 Å². The number of hydrogen-bond acceptors (Lipinski definition) is 5. The van der Waals surface area contributed by atoms with Crippen molar-refractivity contribution in [3.63, 3.8) is 0 Å². The molecule has 0 aliphatic carbocycles. The normalized spacial score (nSPS) is 11.7. The molecular weight excluding hydrogens is 300 g/mol. The summed E-state index contributed by atoms with van der Waals surface area (Å²) in [6.07, 6.45) is 0. The number of hydrazone groups is 1. The number of sulfonamides is 1. The van der Waals surface area contributed by atoms with Crippen molar-refractivity contribution >= 4 is 20.8 Å². The number of benzene rings is 2. The molecule has 0 saturated carbocycles. The summed E-state index contributed by atoms with van der Waals surface area (Å²) in [7, 11) is -3.96. The fraction of sp³-hybridized carbons (Fsp3) is 0.0667. The molecule has 0 spiro atoms. The largest absolute Gasteiger partial charge is 0.276 e. The minimum absolute atomic E-state index is 0.0925. The molecule has 0 aliphatic heterocycles. The van der Waals surface area contributed by atoms with E-state index < -0.39 is 15.1 Å². The Kier molecular flexibility index (Phi) is 5.25. The van der Waals surface area contributed by atoms with E-state index in [0.717, 1.165) is 5.56 Å². The van der Waals surface area contributed by atoms with Gasteiger partial charge in [0.1, 0.15) is 6.07 Å². The van der Waals surface area contributed by atoms with Gasteiger partial charge in [0.15, 0.2) is 0 Å². The molecule has 0 aromatic heterocycles. The molecule has 7 heteroatoms. The fourth-order valence-corrected chi connectivity index (χ4v) is 2.40. The van der Waals surface area contributed by atoms with Crippen LogP contribution < -0.4 is 10.1 Å². The van der Waals surface area contributed by atoms with Gasteiger partial charge in [-0.05, 0) is 17.7 Å². The van der Waals surface area contributed by atoms with Crippen LogP contribution in [0.1, 0.15) is 5.56 Å². The van der Waals surface area contributed by atoms with Crippen molar-refractivity contribution in [2.75, 3.05) is 5.43 Å². The minimum atomic E-state index is -3.96. The lowest BCUT2D eigenvalue weighted by Crippen LogP contribution is -2.30. The first-order valence-corrected chi connectivity index (χ1v) is 7.92. The number of para-hydroxylation sites is 1. The SMILES string of the molecule is N#CC(=NNc1ccccc1)S(=O)(=O)NCc1ccccc1. The molecule has 0 bridgehead atoms.